The van der Waals surface area contributed by atoms with E-state index in [4.69, 9.17) is 4.74 Å². The number of carbonyl (C=O) groups is 2. The van der Waals surface area contributed by atoms with E-state index in [1.54, 1.807) is 27.9 Å². The number of hydrogen-bond acceptors (Lipinski definition) is 4. The summed E-state index contributed by atoms with van der Waals surface area (Å²) in [6, 6.07) is 6.05. The number of halogens is 1. The molecule has 7 nitrogen and oxygen atoms in total. The Morgan fingerprint density at radius 1 is 1.19 bits per heavy atom. The molecule has 8 heteroatoms. The molecular formula is C23H31FN4O3. The van der Waals surface area contributed by atoms with Gasteiger partial charge in [-0.25, -0.2) is 13.9 Å². The van der Waals surface area contributed by atoms with Gasteiger partial charge in [-0.15, -0.1) is 0 Å². The van der Waals surface area contributed by atoms with Gasteiger partial charge in [-0.3, -0.25) is 4.79 Å². The van der Waals surface area contributed by atoms with Crippen LogP contribution in [0.2, 0.25) is 0 Å². The minimum absolute atomic E-state index is 0.0358. The maximum absolute atomic E-state index is 13.4. The molecule has 1 aromatic carbocycles. The normalized spacial score (nSPS) is 15.1. The topological polar surface area (TPSA) is 76.5 Å². The molecule has 1 aliphatic heterocycles. The zero-order chi connectivity index (χ0) is 22.6. The minimum atomic E-state index is -0.542. The van der Waals surface area contributed by atoms with Crippen LogP contribution >= 0.6 is 0 Å². The third-order valence-electron chi connectivity index (χ3n) is 5.19. The van der Waals surface area contributed by atoms with Crippen LogP contribution in [-0.2, 0) is 4.74 Å². The molecule has 0 radical (unpaired) electrons. The van der Waals surface area contributed by atoms with Crippen LogP contribution in [0.3, 0.4) is 0 Å². The van der Waals surface area contributed by atoms with E-state index in [9.17, 15) is 14.0 Å². The van der Waals surface area contributed by atoms with E-state index in [0.29, 0.717) is 43.7 Å². The standard InChI is InChI=1S/C23H31FN4O3/c1-5-12-25-21(29)19-15-26-28(18-8-6-17(24)7-9-18)20(19)16-10-13-27(14-11-16)22(30)31-23(2,3)4/h6-9,15-16H,5,10-14H2,1-4H3,(H,25,29). The molecule has 31 heavy (non-hydrogen) atoms. The Labute approximate surface area is 182 Å². The van der Waals surface area contributed by atoms with E-state index in [2.05, 4.69) is 10.4 Å². The summed E-state index contributed by atoms with van der Waals surface area (Å²) in [4.78, 5) is 26.9. The molecule has 2 amide bonds. The smallest absolute Gasteiger partial charge is 0.410 e. The van der Waals surface area contributed by atoms with Gasteiger partial charge in [0, 0.05) is 25.6 Å². The molecule has 0 unspecified atom stereocenters. The van der Waals surface area contributed by atoms with Crippen molar-refractivity contribution in [3.63, 3.8) is 0 Å². The second kappa shape index (κ2) is 9.49. The van der Waals surface area contributed by atoms with Crippen LogP contribution in [0.5, 0.6) is 0 Å². The molecule has 1 N–H and O–H groups in total. The lowest BCUT2D eigenvalue weighted by molar-refractivity contribution is 0.0203. The van der Waals surface area contributed by atoms with Gasteiger partial charge in [0.15, 0.2) is 0 Å². The van der Waals surface area contributed by atoms with E-state index in [-0.39, 0.29) is 23.7 Å². The van der Waals surface area contributed by atoms with Crippen LogP contribution in [-0.4, -0.2) is 51.9 Å². The lowest BCUT2D eigenvalue weighted by Gasteiger charge is -2.34. The maximum atomic E-state index is 13.4. The molecule has 168 valence electrons. The summed E-state index contributed by atoms with van der Waals surface area (Å²) >= 11 is 0. The monoisotopic (exact) mass is 430 g/mol. The van der Waals surface area contributed by atoms with Crippen LogP contribution in [0, 0.1) is 5.82 Å². The summed E-state index contributed by atoms with van der Waals surface area (Å²) in [6.45, 7) is 9.18. The van der Waals surface area contributed by atoms with Crippen LogP contribution in [0.1, 0.15) is 68.9 Å². The molecule has 0 bridgehead atoms. The molecule has 1 saturated heterocycles. The average molecular weight is 431 g/mol. The van der Waals surface area contributed by atoms with Crippen molar-refractivity contribution < 1.29 is 18.7 Å². The fourth-order valence-corrected chi connectivity index (χ4v) is 3.71. The van der Waals surface area contributed by atoms with E-state index in [0.717, 1.165) is 12.1 Å². The van der Waals surface area contributed by atoms with Crippen molar-refractivity contribution in [2.45, 2.75) is 58.5 Å². The Morgan fingerprint density at radius 2 is 1.84 bits per heavy atom. The number of amides is 2. The Morgan fingerprint density at radius 3 is 2.42 bits per heavy atom. The molecule has 2 aromatic rings. The molecule has 0 atom stereocenters. The number of nitrogens with one attached hydrogen (secondary N) is 1. The molecule has 1 fully saturated rings. The third kappa shape index (κ3) is 5.62. The molecule has 1 aliphatic rings. The van der Waals surface area contributed by atoms with Crippen LogP contribution < -0.4 is 5.32 Å². The summed E-state index contributed by atoms with van der Waals surface area (Å²) in [7, 11) is 0. The first-order chi connectivity index (χ1) is 14.7. The third-order valence-corrected chi connectivity index (χ3v) is 5.19. The summed E-state index contributed by atoms with van der Waals surface area (Å²) in [5, 5.41) is 7.37. The number of rotatable bonds is 5. The molecular weight excluding hydrogens is 399 g/mol. The first kappa shape index (κ1) is 22.8. The second-order valence-corrected chi connectivity index (χ2v) is 8.83. The van der Waals surface area contributed by atoms with Crippen molar-refractivity contribution in [3.8, 4) is 5.69 Å². The number of ether oxygens (including phenoxy) is 1. The Balaban J connectivity index is 1.85. The number of nitrogens with zero attached hydrogens (tertiary/aromatic N) is 3. The highest BCUT2D eigenvalue weighted by atomic mass is 19.1. The summed E-state index contributed by atoms with van der Waals surface area (Å²) in [5.41, 5.74) is 1.47. The second-order valence-electron chi connectivity index (χ2n) is 8.83. The number of benzene rings is 1. The van der Waals surface area contributed by atoms with Gasteiger partial charge in [-0.2, -0.15) is 5.10 Å². The molecule has 3 rings (SSSR count). The van der Waals surface area contributed by atoms with Crippen molar-refractivity contribution in [2.24, 2.45) is 0 Å². The molecule has 1 aromatic heterocycles. The number of piperidine rings is 1. The number of carbonyl (C=O) groups excluding carboxylic acids is 2. The van der Waals surface area contributed by atoms with Crippen molar-refractivity contribution in [1.29, 1.82) is 0 Å². The number of aromatic nitrogens is 2. The quantitative estimate of drug-likeness (QED) is 0.769. The van der Waals surface area contributed by atoms with Crippen LogP contribution in [0.4, 0.5) is 9.18 Å². The van der Waals surface area contributed by atoms with E-state index in [1.165, 1.54) is 12.1 Å². The van der Waals surface area contributed by atoms with Gasteiger partial charge in [0.1, 0.15) is 11.4 Å². The van der Waals surface area contributed by atoms with Gasteiger partial charge in [-0.1, -0.05) is 6.92 Å². The van der Waals surface area contributed by atoms with Gasteiger partial charge in [0.2, 0.25) is 0 Å². The molecule has 0 spiro atoms. The summed E-state index contributed by atoms with van der Waals surface area (Å²) < 4.78 is 20.6. The summed E-state index contributed by atoms with van der Waals surface area (Å²) in [5.74, 6) is -0.461. The first-order valence-electron chi connectivity index (χ1n) is 10.8. The Kier molecular flexibility index (Phi) is 6.97. The Hall–Kier alpha value is -2.90. The molecule has 0 aliphatic carbocycles. The van der Waals surface area contributed by atoms with Gasteiger partial charge < -0.3 is 15.0 Å². The van der Waals surface area contributed by atoms with Crippen molar-refractivity contribution >= 4 is 12.0 Å². The summed E-state index contributed by atoms with van der Waals surface area (Å²) in [6.07, 6.45) is 3.45. The fourth-order valence-electron chi connectivity index (χ4n) is 3.71. The van der Waals surface area contributed by atoms with E-state index < -0.39 is 5.60 Å². The van der Waals surface area contributed by atoms with Crippen LogP contribution in [0.15, 0.2) is 30.5 Å². The largest absolute Gasteiger partial charge is 0.444 e. The predicted octanol–water partition coefficient (Wildman–Crippen LogP) is 4.27. The van der Waals surface area contributed by atoms with Crippen LogP contribution in [0.25, 0.3) is 5.69 Å². The van der Waals surface area contributed by atoms with E-state index in [1.807, 2.05) is 27.7 Å². The van der Waals surface area contributed by atoms with Gasteiger partial charge >= 0.3 is 6.09 Å². The maximum Gasteiger partial charge on any atom is 0.410 e. The highest BCUT2D eigenvalue weighted by Crippen LogP contribution is 2.32. The van der Waals surface area contributed by atoms with Crippen molar-refractivity contribution in [3.05, 3.63) is 47.5 Å². The number of likely N-dealkylation sites (tertiary alicyclic amines) is 1. The zero-order valence-corrected chi connectivity index (χ0v) is 18.7. The highest BCUT2D eigenvalue weighted by molar-refractivity contribution is 5.95. The van der Waals surface area contributed by atoms with Crippen molar-refractivity contribution in [2.75, 3.05) is 19.6 Å². The fraction of sp³-hybridized carbons (Fsp3) is 0.522. The minimum Gasteiger partial charge on any atom is -0.444 e. The lowest BCUT2D eigenvalue weighted by Crippen LogP contribution is -2.41. The highest BCUT2D eigenvalue weighted by Gasteiger charge is 2.32. The van der Waals surface area contributed by atoms with E-state index >= 15 is 0 Å². The molecule has 2 heterocycles. The first-order valence-corrected chi connectivity index (χ1v) is 10.8. The zero-order valence-electron chi connectivity index (χ0n) is 18.7. The predicted molar refractivity (Wildman–Crippen MR) is 116 cm³/mol. The van der Waals surface area contributed by atoms with Gasteiger partial charge in [0.05, 0.1) is 23.1 Å². The molecule has 0 saturated carbocycles. The lowest BCUT2D eigenvalue weighted by atomic mass is 9.91. The van der Waals surface area contributed by atoms with Gasteiger partial charge in [-0.05, 0) is 64.3 Å². The average Bonchev–Trinajstić information content (AvgIpc) is 3.16. The SMILES string of the molecule is CCCNC(=O)c1cnn(-c2ccc(F)cc2)c1C1CCN(C(=O)OC(C)(C)C)CC1. The van der Waals surface area contributed by atoms with Crippen molar-refractivity contribution in [1.82, 2.24) is 20.0 Å². The van der Waals surface area contributed by atoms with Gasteiger partial charge in [0.25, 0.3) is 5.91 Å². The Bertz CT molecular complexity index is 910. The number of hydrogen-bond donors (Lipinski definition) is 1.